The van der Waals surface area contributed by atoms with Crippen LogP contribution in [0.1, 0.15) is 12.6 Å². The van der Waals surface area contributed by atoms with Crippen molar-refractivity contribution in [2.45, 2.75) is 25.6 Å². The molecular formula is C21H20N4O2. The normalized spacial score (nSPS) is 21.1. The summed E-state index contributed by atoms with van der Waals surface area (Å²) in [6.07, 6.45) is 5.77. The van der Waals surface area contributed by atoms with E-state index in [0.717, 1.165) is 34.7 Å². The van der Waals surface area contributed by atoms with Crippen molar-refractivity contribution in [2.75, 3.05) is 6.61 Å². The molecule has 2 aliphatic rings. The molecule has 2 aromatic heterocycles. The molecule has 2 atom stereocenters. The van der Waals surface area contributed by atoms with Gasteiger partial charge in [0.2, 0.25) is 0 Å². The van der Waals surface area contributed by atoms with Crippen LogP contribution >= 0.6 is 0 Å². The molecule has 3 aromatic rings. The van der Waals surface area contributed by atoms with Crippen molar-refractivity contribution >= 4 is 16.7 Å². The number of fused-ring (bicyclic) bond motifs is 3. The molecule has 0 radical (unpaired) electrons. The maximum absolute atomic E-state index is 6.04. The molecule has 5 rings (SSSR count). The number of hydrogen-bond donors (Lipinski definition) is 1. The Kier molecular flexibility index (Phi) is 3.81. The fourth-order valence-corrected chi connectivity index (χ4v) is 3.50. The number of imidazole rings is 1. The molecular weight excluding hydrogens is 340 g/mol. The van der Waals surface area contributed by atoms with E-state index in [0.29, 0.717) is 12.6 Å². The third kappa shape index (κ3) is 2.93. The smallest absolute Gasteiger partial charge is 0.297 e. The van der Waals surface area contributed by atoms with Crippen LogP contribution in [-0.2, 0) is 11.3 Å². The van der Waals surface area contributed by atoms with Gasteiger partial charge in [-0.05, 0) is 43.3 Å². The summed E-state index contributed by atoms with van der Waals surface area (Å²) >= 11 is 0. The SMILES string of the molecule is CC1NC(c2ccccn2)=CC=C1OC[C@@H]1Cn2c(nc3ccccc32)O1. The largest absolute Gasteiger partial charge is 0.492 e. The highest BCUT2D eigenvalue weighted by Gasteiger charge is 2.27. The number of dihydropyridines is 1. The molecule has 27 heavy (non-hydrogen) atoms. The van der Waals surface area contributed by atoms with E-state index in [1.165, 1.54) is 0 Å². The Morgan fingerprint density at radius 1 is 1.19 bits per heavy atom. The Balaban J connectivity index is 1.25. The third-order valence-corrected chi connectivity index (χ3v) is 4.87. The van der Waals surface area contributed by atoms with Crippen LogP contribution in [-0.4, -0.2) is 33.3 Å². The zero-order chi connectivity index (χ0) is 18.2. The molecule has 0 saturated heterocycles. The summed E-state index contributed by atoms with van der Waals surface area (Å²) in [5.41, 5.74) is 3.99. The first-order chi connectivity index (χ1) is 13.3. The predicted molar refractivity (Wildman–Crippen MR) is 103 cm³/mol. The summed E-state index contributed by atoms with van der Waals surface area (Å²) in [4.78, 5) is 8.92. The highest BCUT2D eigenvalue weighted by Crippen LogP contribution is 2.28. The van der Waals surface area contributed by atoms with E-state index in [1.54, 1.807) is 6.20 Å². The summed E-state index contributed by atoms with van der Waals surface area (Å²) in [5, 5.41) is 3.44. The van der Waals surface area contributed by atoms with Gasteiger partial charge in [0.1, 0.15) is 12.4 Å². The van der Waals surface area contributed by atoms with Crippen LogP contribution in [0.3, 0.4) is 0 Å². The van der Waals surface area contributed by atoms with Crippen LogP contribution < -0.4 is 10.1 Å². The van der Waals surface area contributed by atoms with Crippen LogP contribution in [0, 0.1) is 0 Å². The molecule has 0 aliphatic carbocycles. The van der Waals surface area contributed by atoms with Gasteiger partial charge in [0.05, 0.1) is 35.0 Å². The number of aromatic nitrogens is 3. The summed E-state index contributed by atoms with van der Waals surface area (Å²) in [6, 6.07) is 14.7. The molecule has 4 heterocycles. The molecule has 0 saturated carbocycles. The van der Waals surface area contributed by atoms with Gasteiger partial charge < -0.3 is 14.8 Å². The predicted octanol–water partition coefficient (Wildman–Crippen LogP) is 3.13. The van der Waals surface area contributed by atoms with Crippen molar-refractivity contribution in [1.29, 1.82) is 0 Å². The molecule has 0 bridgehead atoms. The Morgan fingerprint density at radius 2 is 2.07 bits per heavy atom. The van der Waals surface area contributed by atoms with Crippen LogP contribution in [0.25, 0.3) is 16.7 Å². The number of allylic oxidation sites excluding steroid dienone is 2. The number of benzene rings is 1. The first-order valence-electron chi connectivity index (χ1n) is 9.12. The van der Waals surface area contributed by atoms with E-state index in [1.807, 2.05) is 48.6 Å². The zero-order valence-corrected chi connectivity index (χ0v) is 15.0. The molecule has 2 aliphatic heterocycles. The minimum Gasteiger partial charge on any atom is -0.492 e. The van der Waals surface area contributed by atoms with Gasteiger partial charge in [-0.2, -0.15) is 4.98 Å². The van der Waals surface area contributed by atoms with Gasteiger partial charge in [0.25, 0.3) is 6.01 Å². The second-order valence-corrected chi connectivity index (χ2v) is 6.77. The molecule has 6 nitrogen and oxygen atoms in total. The fourth-order valence-electron chi connectivity index (χ4n) is 3.50. The van der Waals surface area contributed by atoms with E-state index >= 15 is 0 Å². The summed E-state index contributed by atoms with van der Waals surface area (Å²) in [5.74, 6) is 0.896. The van der Waals surface area contributed by atoms with Crippen LogP contribution in [0.2, 0.25) is 0 Å². The Hall–Kier alpha value is -3.28. The molecule has 0 spiro atoms. The maximum atomic E-state index is 6.04. The highest BCUT2D eigenvalue weighted by atomic mass is 16.6. The lowest BCUT2D eigenvalue weighted by Gasteiger charge is -2.25. The number of pyridine rings is 1. The van der Waals surface area contributed by atoms with E-state index in [9.17, 15) is 0 Å². The fraction of sp³-hybridized carbons (Fsp3) is 0.238. The lowest BCUT2D eigenvalue weighted by atomic mass is 10.1. The average molecular weight is 360 g/mol. The minimum absolute atomic E-state index is 0.0358. The molecule has 1 unspecified atom stereocenters. The summed E-state index contributed by atoms with van der Waals surface area (Å²) in [6.45, 7) is 3.32. The Bertz CT molecular complexity index is 1040. The number of para-hydroxylation sites is 2. The first kappa shape index (κ1) is 15.9. The van der Waals surface area contributed by atoms with Crippen LogP contribution in [0.15, 0.2) is 66.6 Å². The second-order valence-electron chi connectivity index (χ2n) is 6.77. The van der Waals surface area contributed by atoms with Gasteiger partial charge >= 0.3 is 0 Å². The monoisotopic (exact) mass is 360 g/mol. The van der Waals surface area contributed by atoms with Crippen molar-refractivity contribution in [2.24, 2.45) is 0 Å². The molecule has 1 N–H and O–H groups in total. The van der Waals surface area contributed by atoms with Gasteiger partial charge in [0.15, 0.2) is 6.10 Å². The van der Waals surface area contributed by atoms with Gasteiger partial charge in [-0.3, -0.25) is 9.55 Å². The molecule has 1 aromatic carbocycles. The van der Waals surface area contributed by atoms with Crippen molar-refractivity contribution in [3.8, 4) is 6.01 Å². The number of rotatable bonds is 4. The lowest BCUT2D eigenvalue weighted by Crippen LogP contribution is -2.32. The number of nitrogens with one attached hydrogen (secondary N) is 1. The number of ether oxygens (including phenoxy) is 2. The van der Waals surface area contributed by atoms with Gasteiger partial charge in [0, 0.05) is 6.20 Å². The maximum Gasteiger partial charge on any atom is 0.297 e. The highest BCUT2D eigenvalue weighted by molar-refractivity contribution is 5.76. The van der Waals surface area contributed by atoms with Crippen molar-refractivity contribution in [3.05, 3.63) is 72.3 Å². The van der Waals surface area contributed by atoms with E-state index in [-0.39, 0.29) is 12.1 Å². The molecule has 0 amide bonds. The molecule has 136 valence electrons. The van der Waals surface area contributed by atoms with Gasteiger partial charge in [-0.1, -0.05) is 18.2 Å². The summed E-state index contributed by atoms with van der Waals surface area (Å²) in [7, 11) is 0. The quantitative estimate of drug-likeness (QED) is 0.775. The Labute approximate surface area is 157 Å². The second kappa shape index (κ2) is 6.46. The van der Waals surface area contributed by atoms with Gasteiger partial charge in [-0.15, -0.1) is 0 Å². The summed E-state index contributed by atoms with van der Waals surface area (Å²) < 4.78 is 14.1. The van der Waals surface area contributed by atoms with E-state index < -0.39 is 0 Å². The minimum atomic E-state index is -0.0358. The number of hydrogen-bond acceptors (Lipinski definition) is 5. The Morgan fingerprint density at radius 3 is 2.93 bits per heavy atom. The third-order valence-electron chi connectivity index (χ3n) is 4.87. The van der Waals surface area contributed by atoms with E-state index in [2.05, 4.69) is 32.8 Å². The molecule has 6 heteroatoms. The van der Waals surface area contributed by atoms with E-state index in [4.69, 9.17) is 9.47 Å². The number of nitrogens with zero attached hydrogens (tertiary/aromatic N) is 3. The van der Waals surface area contributed by atoms with Crippen molar-refractivity contribution < 1.29 is 9.47 Å². The first-order valence-corrected chi connectivity index (χ1v) is 9.12. The van der Waals surface area contributed by atoms with Crippen LogP contribution in [0.4, 0.5) is 0 Å². The molecule has 0 fully saturated rings. The van der Waals surface area contributed by atoms with Gasteiger partial charge in [-0.25, -0.2) is 0 Å². The topological polar surface area (TPSA) is 61.2 Å². The lowest BCUT2D eigenvalue weighted by molar-refractivity contribution is 0.0916. The van der Waals surface area contributed by atoms with Crippen molar-refractivity contribution in [3.63, 3.8) is 0 Å². The zero-order valence-electron chi connectivity index (χ0n) is 15.0. The average Bonchev–Trinajstić information content (AvgIpc) is 3.25. The van der Waals surface area contributed by atoms with Crippen LogP contribution in [0.5, 0.6) is 6.01 Å². The standard InChI is InChI=1S/C21H20N4O2/c1-14-20(10-9-17(23-14)16-6-4-5-11-22-16)26-13-15-12-25-19-8-3-2-7-18(19)24-21(25)27-15/h2-11,14-15,23H,12-13H2,1H3/t14?,15-/m0/s1. The van der Waals surface area contributed by atoms with Crippen molar-refractivity contribution in [1.82, 2.24) is 19.9 Å².